The van der Waals surface area contributed by atoms with Gasteiger partial charge in [-0.15, -0.1) is 0 Å². The monoisotopic (exact) mass is 286 g/mol. The van der Waals surface area contributed by atoms with Gasteiger partial charge in [-0.25, -0.2) is 4.18 Å². The Balaban J connectivity index is 5.20. The summed E-state index contributed by atoms with van der Waals surface area (Å²) in [5.41, 5.74) is 0. The maximum absolute atomic E-state index is 12.3. The average molecular weight is 286 g/mol. The minimum Gasteiger partial charge on any atom is -0.322 e. The molecule has 0 aliphatic heterocycles. The maximum atomic E-state index is 12.3. The molecule has 0 fully saturated rings. The Morgan fingerprint density at radius 3 is 2.12 bits per heavy atom. The summed E-state index contributed by atoms with van der Waals surface area (Å²) < 4.78 is 76.4. The molecule has 0 aromatic rings. The fourth-order valence-corrected chi connectivity index (χ4v) is 2.93. The zero-order chi connectivity index (χ0) is 13.2. The largest absolute Gasteiger partial charge is 0.427 e. The highest BCUT2D eigenvalue weighted by atomic mass is 32.2. The summed E-state index contributed by atoms with van der Waals surface area (Å²) in [6.45, 7) is 0.685. The predicted molar refractivity (Wildman–Crippen MR) is 47.2 cm³/mol. The van der Waals surface area contributed by atoms with Crippen LogP contribution in [0, 0.1) is 0 Å². The highest BCUT2D eigenvalue weighted by Gasteiger charge is 2.55. The van der Waals surface area contributed by atoms with Gasteiger partial charge in [-0.2, -0.15) is 21.6 Å². The molecule has 0 saturated heterocycles. The Bertz CT molecular complexity index is 376. The van der Waals surface area contributed by atoms with Gasteiger partial charge >= 0.3 is 13.8 Å². The first kappa shape index (κ1) is 15.9. The van der Waals surface area contributed by atoms with Gasteiger partial charge in [0, 0.05) is 0 Å². The van der Waals surface area contributed by atoms with Crippen LogP contribution in [0.25, 0.3) is 0 Å². The minimum absolute atomic E-state index is 0.331. The average Bonchev–Trinajstić information content (AvgIpc) is 1.96. The minimum atomic E-state index is -5.33. The molecular formula is C5H10F3O6PS. The van der Waals surface area contributed by atoms with E-state index in [9.17, 15) is 26.2 Å². The molecule has 6 nitrogen and oxygen atoms in total. The zero-order valence-corrected chi connectivity index (χ0v) is 9.97. The molecule has 0 spiro atoms. The molecule has 16 heavy (non-hydrogen) atoms. The van der Waals surface area contributed by atoms with Crippen molar-refractivity contribution in [2.24, 2.45) is 0 Å². The number of halogens is 3. The quantitative estimate of drug-likeness (QED) is 0.600. The Labute approximate surface area is 90.0 Å². The van der Waals surface area contributed by atoms with E-state index in [4.69, 9.17) is 4.89 Å². The molecular weight excluding hydrogens is 276 g/mol. The lowest BCUT2D eigenvalue weighted by atomic mass is 10.7. The lowest BCUT2D eigenvalue weighted by Gasteiger charge is -2.23. The van der Waals surface area contributed by atoms with Crippen LogP contribution in [-0.2, 0) is 23.4 Å². The highest BCUT2D eigenvalue weighted by Crippen LogP contribution is 2.54. The van der Waals surface area contributed by atoms with Crippen LogP contribution in [0.5, 0.6) is 0 Å². The number of rotatable bonds is 5. The molecule has 0 aliphatic carbocycles. The standard InChI is InChI=1S/C5H10F3O6PS/c1-3-13-15(9,10)4(5(6,7)8)14-16(2,11)12/h4H,3H2,1-2H3,(H,9,10). The van der Waals surface area contributed by atoms with Crippen LogP contribution in [0.2, 0.25) is 0 Å². The molecule has 0 aromatic carbocycles. The molecule has 0 radical (unpaired) electrons. The summed E-state index contributed by atoms with van der Waals surface area (Å²) in [5, 5.41) is 0. The van der Waals surface area contributed by atoms with Gasteiger partial charge in [-0.3, -0.25) is 4.57 Å². The van der Waals surface area contributed by atoms with Gasteiger partial charge < -0.3 is 9.42 Å². The Kier molecular flexibility index (Phi) is 4.96. The fourth-order valence-electron chi connectivity index (χ4n) is 0.712. The van der Waals surface area contributed by atoms with Crippen LogP contribution >= 0.6 is 7.60 Å². The van der Waals surface area contributed by atoms with Crippen LogP contribution in [0.15, 0.2) is 0 Å². The van der Waals surface area contributed by atoms with Crippen LogP contribution < -0.4 is 0 Å². The summed E-state index contributed by atoms with van der Waals surface area (Å²) in [6, 6.07) is 0. The molecule has 0 aromatic heterocycles. The molecule has 1 N–H and O–H groups in total. The molecule has 0 rings (SSSR count). The zero-order valence-electron chi connectivity index (χ0n) is 8.26. The highest BCUT2D eigenvalue weighted by molar-refractivity contribution is 7.86. The first-order valence-corrected chi connectivity index (χ1v) is 7.28. The van der Waals surface area contributed by atoms with Crippen molar-refractivity contribution in [1.29, 1.82) is 0 Å². The molecule has 0 bridgehead atoms. The second-order valence-corrected chi connectivity index (χ2v) is 6.13. The summed E-state index contributed by atoms with van der Waals surface area (Å²) in [5.74, 6) is -3.41. The number of hydrogen-bond acceptors (Lipinski definition) is 5. The summed E-state index contributed by atoms with van der Waals surface area (Å²) in [7, 11) is -9.79. The normalized spacial score (nSPS) is 19.1. The van der Waals surface area contributed by atoms with E-state index >= 15 is 0 Å². The first-order valence-electron chi connectivity index (χ1n) is 3.82. The third-order valence-electron chi connectivity index (χ3n) is 1.16. The smallest absolute Gasteiger partial charge is 0.322 e. The van der Waals surface area contributed by atoms with E-state index < -0.39 is 36.3 Å². The molecule has 2 unspecified atom stereocenters. The van der Waals surface area contributed by atoms with Crippen molar-refractivity contribution in [2.75, 3.05) is 12.9 Å². The van der Waals surface area contributed by atoms with Gasteiger partial charge in [0.2, 0.25) is 0 Å². The van der Waals surface area contributed by atoms with E-state index in [1.165, 1.54) is 6.92 Å². The third-order valence-corrected chi connectivity index (χ3v) is 3.46. The van der Waals surface area contributed by atoms with Gasteiger partial charge in [0.15, 0.2) is 0 Å². The van der Waals surface area contributed by atoms with Crippen molar-refractivity contribution in [1.82, 2.24) is 0 Å². The van der Waals surface area contributed by atoms with Crippen molar-refractivity contribution in [3.8, 4) is 0 Å². The van der Waals surface area contributed by atoms with E-state index in [1.54, 1.807) is 0 Å². The van der Waals surface area contributed by atoms with Crippen LogP contribution in [0.1, 0.15) is 6.92 Å². The Hall–Kier alpha value is -0.150. The Morgan fingerprint density at radius 2 is 1.88 bits per heavy atom. The van der Waals surface area contributed by atoms with Crippen molar-refractivity contribution >= 4 is 17.7 Å². The second kappa shape index (κ2) is 5.01. The molecule has 11 heteroatoms. The third kappa shape index (κ3) is 5.26. The lowest BCUT2D eigenvalue weighted by Crippen LogP contribution is -2.34. The van der Waals surface area contributed by atoms with Crippen LogP contribution in [0.3, 0.4) is 0 Å². The lowest BCUT2D eigenvalue weighted by molar-refractivity contribution is -0.173. The molecule has 2 atom stereocenters. The second-order valence-electron chi connectivity index (χ2n) is 2.68. The van der Waals surface area contributed by atoms with E-state index in [0.29, 0.717) is 6.26 Å². The molecule has 0 aliphatic rings. The maximum Gasteiger partial charge on any atom is 0.427 e. The van der Waals surface area contributed by atoms with E-state index in [2.05, 4.69) is 8.71 Å². The molecule has 98 valence electrons. The van der Waals surface area contributed by atoms with Crippen molar-refractivity contribution in [3.05, 3.63) is 0 Å². The van der Waals surface area contributed by atoms with Gasteiger partial charge in [0.05, 0.1) is 12.9 Å². The fraction of sp³-hybridized carbons (Fsp3) is 1.00. The van der Waals surface area contributed by atoms with Gasteiger partial charge in [-0.1, -0.05) is 0 Å². The van der Waals surface area contributed by atoms with E-state index in [1.807, 2.05) is 0 Å². The molecule has 0 heterocycles. The molecule has 0 saturated carbocycles. The summed E-state index contributed by atoms with van der Waals surface area (Å²) >= 11 is 0. The topological polar surface area (TPSA) is 89.9 Å². The number of hydrogen-bond donors (Lipinski definition) is 1. The van der Waals surface area contributed by atoms with E-state index in [0.717, 1.165) is 0 Å². The predicted octanol–water partition coefficient (Wildman–Crippen LogP) is 1.07. The first-order chi connectivity index (χ1) is 6.90. The van der Waals surface area contributed by atoms with Gasteiger partial charge in [0.25, 0.3) is 16.0 Å². The van der Waals surface area contributed by atoms with Crippen molar-refractivity contribution in [3.63, 3.8) is 0 Å². The van der Waals surface area contributed by atoms with Gasteiger partial charge in [0.1, 0.15) is 0 Å². The van der Waals surface area contributed by atoms with Crippen LogP contribution in [0.4, 0.5) is 13.2 Å². The van der Waals surface area contributed by atoms with E-state index in [-0.39, 0.29) is 0 Å². The molecule has 0 amide bonds. The Morgan fingerprint density at radius 1 is 1.44 bits per heavy atom. The SMILES string of the molecule is CCOP(=O)(O)C(OS(C)(=O)=O)C(F)(F)F. The van der Waals surface area contributed by atoms with Crippen molar-refractivity contribution < 1.29 is 39.8 Å². The number of alkyl halides is 3. The summed E-state index contributed by atoms with van der Waals surface area (Å²) in [4.78, 5) is 8.90. The van der Waals surface area contributed by atoms with Crippen LogP contribution in [-0.4, -0.2) is 38.2 Å². The van der Waals surface area contributed by atoms with Gasteiger partial charge in [-0.05, 0) is 6.92 Å². The summed E-state index contributed by atoms with van der Waals surface area (Å²) in [6.07, 6.45) is -5.00. The van der Waals surface area contributed by atoms with Crippen molar-refractivity contribution in [2.45, 2.75) is 18.9 Å².